The van der Waals surface area contributed by atoms with Crippen LogP contribution in [0.15, 0.2) is 18.2 Å². The standard InChI is InChI=1S/C20H29NO4/c1-23-19-12-15(13-21-20(22)16-6-3-2-4-7-16)9-10-18(19)25-14-17-8-5-11-24-17/h9-10,12,16-17H,2-8,11,13-14H2,1H3,(H,21,22). The van der Waals surface area contributed by atoms with Gasteiger partial charge in [-0.05, 0) is 43.4 Å². The maximum Gasteiger partial charge on any atom is 0.223 e. The molecule has 1 atom stereocenters. The van der Waals surface area contributed by atoms with E-state index < -0.39 is 0 Å². The molecule has 5 heteroatoms. The van der Waals surface area contributed by atoms with Crippen LogP contribution in [-0.4, -0.2) is 32.3 Å². The van der Waals surface area contributed by atoms with Gasteiger partial charge in [0.15, 0.2) is 11.5 Å². The molecule has 1 saturated heterocycles. The molecule has 25 heavy (non-hydrogen) atoms. The summed E-state index contributed by atoms with van der Waals surface area (Å²) in [6.07, 6.45) is 7.97. The first-order valence-corrected chi connectivity index (χ1v) is 9.45. The lowest BCUT2D eigenvalue weighted by molar-refractivity contribution is -0.126. The minimum Gasteiger partial charge on any atom is -0.493 e. The summed E-state index contributed by atoms with van der Waals surface area (Å²) < 4.78 is 16.9. The second kappa shape index (κ2) is 9.09. The van der Waals surface area contributed by atoms with E-state index >= 15 is 0 Å². The van der Waals surface area contributed by atoms with Crippen molar-refractivity contribution in [3.8, 4) is 11.5 Å². The van der Waals surface area contributed by atoms with Gasteiger partial charge in [0.2, 0.25) is 5.91 Å². The SMILES string of the molecule is COc1cc(CNC(=O)C2CCCCC2)ccc1OCC1CCCO1. The molecule has 5 nitrogen and oxygen atoms in total. The Labute approximate surface area is 150 Å². The molecule has 1 saturated carbocycles. The van der Waals surface area contributed by atoms with Gasteiger partial charge in [0.25, 0.3) is 0 Å². The van der Waals surface area contributed by atoms with Gasteiger partial charge in [0, 0.05) is 19.1 Å². The largest absolute Gasteiger partial charge is 0.493 e. The third kappa shape index (κ3) is 5.11. The predicted molar refractivity (Wildman–Crippen MR) is 95.9 cm³/mol. The second-order valence-electron chi connectivity index (χ2n) is 6.98. The van der Waals surface area contributed by atoms with Gasteiger partial charge in [-0.2, -0.15) is 0 Å². The number of carbonyl (C=O) groups is 1. The third-order valence-electron chi connectivity index (χ3n) is 5.12. The van der Waals surface area contributed by atoms with E-state index in [-0.39, 0.29) is 17.9 Å². The summed E-state index contributed by atoms with van der Waals surface area (Å²) in [6.45, 7) is 1.90. The van der Waals surface area contributed by atoms with Gasteiger partial charge in [0.1, 0.15) is 6.61 Å². The van der Waals surface area contributed by atoms with E-state index in [4.69, 9.17) is 14.2 Å². The average Bonchev–Trinajstić information content (AvgIpc) is 3.19. The van der Waals surface area contributed by atoms with Crippen LogP contribution in [0.1, 0.15) is 50.5 Å². The fourth-order valence-corrected chi connectivity index (χ4v) is 3.60. The molecule has 1 heterocycles. The Morgan fingerprint density at radius 2 is 2.00 bits per heavy atom. The summed E-state index contributed by atoms with van der Waals surface area (Å²) in [5, 5.41) is 3.06. The van der Waals surface area contributed by atoms with Gasteiger partial charge in [0.05, 0.1) is 13.2 Å². The molecule has 0 bridgehead atoms. The molecule has 1 unspecified atom stereocenters. The molecule has 0 radical (unpaired) electrons. The summed E-state index contributed by atoms with van der Waals surface area (Å²) >= 11 is 0. The Balaban J connectivity index is 1.52. The van der Waals surface area contributed by atoms with Crippen LogP contribution in [0.2, 0.25) is 0 Å². The van der Waals surface area contributed by atoms with Gasteiger partial charge >= 0.3 is 0 Å². The number of carbonyl (C=O) groups excluding carboxylic acids is 1. The van der Waals surface area contributed by atoms with Crippen molar-refractivity contribution in [2.24, 2.45) is 5.92 Å². The van der Waals surface area contributed by atoms with E-state index in [1.807, 2.05) is 18.2 Å². The Morgan fingerprint density at radius 3 is 2.72 bits per heavy atom. The zero-order valence-electron chi connectivity index (χ0n) is 15.1. The third-order valence-corrected chi connectivity index (χ3v) is 5.12. The van der Waals surface area contributed by atoms with E-state index in [2.05, 4.69) is 5.32 Å². The lowest BCUT2D eigenvalue weighted by Gasteiger charge is -2.21. The van der Waals surface area contributed by atoms with Crippen molar-refractivity contribution < 1.29 is 19.0 Å². The van der Waals surface area contributed by atoms with E-state index in [0.29, 0.717) is 18.9 Å². The van der Waals surface area contributed by atoms with Crippen LogP contribution in [0.4, 0.5) is 0 Å². The quantitative estimate of drug-likeness (QED) is 0.821. The van der Waals surface area contributed by atoms with Crippen molar-refractivity contribution in [3.05, 3.63) is 23.8 Å². The maximum absolute atomic E-state index is 12.3. The number of amides is 1. The van der Waals surface area contributed by atoms with Crippen LogP contribution >= 0.6 is 0 Å². The smallest absolute Gasteiger partial charge is 0.223 e. The van der Waals surface area contributed by atoms with Crippen LogP contribution in [0.5, 0.6) is 11.5 Å². The summed E-state index contributed by atoms with van der Waals surface area (Å²) in [4.78, 5) is 12.3. The molecule has 0 aromatic heterocycles. The van der Waals surface area contributed by atoms with Gasteiger partial charge in [-0.15, -0.1) is 0 Å². The van der Waals surface area contributed by atoms with Crippen molar-refractivity contribution >= 4 is 5.91 Å². The Bertz CT molecular complexity index is 563. The average molecular weight is 347 g/mol. The highest BCUT2D eigenvalue weighted by molar-refractivity contribution is 5.78. The monoisotopic (exact) mass is 347 g/mol. The minimum absolute atomic E-state index is 0.178. The highest BCUT2D eigenvalue weighted by Crippen LogP contribution is 2.29. The van der Waals surface area contributed by atoms with Crippen molar-refractivity contribution in [1.29, 1.82) is 0 Å². The Hall–Kier alpha value is -1.75. The summed E-state index contributed by atoms with van der Waals surface area (Å²) in [6, 6.07) is 5.83. The van der Waals surface area contributed by atoms with Crippen LogP contribution in [0.25, 0.3) is 0 Å². The van der Waals surface area contributed by atoms with Crippen LogP contribution in [0.3, 0.4) is 0 Å². The van der Waals surface area contributed by atoms with Crippen molar-refractivity contribution in [2.45, 2.75) is 57.6 Å². The number of benzene rings is 1. The number of nitrogens with one attached hydrogen (secondary N) is 1. The number of hydrogen-bond donors (Lipinski definition) is 1. The van der Waals surface area contributed by atoms with E-state index in [1.165, 1.54) is 19.3 Å². The topological polar surface area (TPSA) is 56.8 Å². The molecular formula is C20H29NO4. The van der Waals surface area contributed by atoms with E-state index in [0.717, 1.165) is 43.6 Å². The van der Waals surface area contributed by atoms with Gasteiger partial charge < -0.3 is 19.5 Å². The molecule has 1 aliphatic heterocycles. The van der Waals surface area contributed by atoms with E-state index in [9.17, 15) is 4.79 Å². The van der Waals surface area contributed by atoms with Crippen molar-refractivity contribution in [2.75, 3.05) is 20.3 Å². The van der Waals surface area contributed by atoms with Crippen LogP contribution in [-0.2, 0) is 16.1 Å². The normalized spacial score (nSPS) is 21.1. The first kappa shape index (κ1) is 18.1. The van der Waals surface area contributed by atoms with E-state index in [1.54, 1.807) is 7.11 Å². The van der Waals surface area contributed by atoms with Crippen molar-refractivity contribution in [3.63, 3.8) is 0 Å². The molecular weight excluding hydrogens is 318 g/mol. The molecule has 1 N–H and O–H groups in total. The summed E-state index contributed by atoms with van der Waals surface area (Å²) in [5.41, 5.74) is 1.02. The molecule has 2 aliphatic rings. The summed E-state index contributed by atoms with van der Waals surface area (Å²) in [5.74, 6) is 1.78. The number of hydrogen-bond acceptors (Lipinski definition) is 4. The lowest BCUT2D eigenvalue weighted by Crippen LogP contribution is -2.31. The molecule has 1 aliphatic carbocycles. The first-order chi connectivity index (χ1) is 12.3. The highest BCUT2D eigenvalue weighted by atomic mass is 16.5. The van der Waals surface area contributed by atoms with Crippen LogP contribution in [0, 0.1) is 5.92 Å². The molecule has 2 fully saturated rings. The van der Waals surface area contributed by atoms with Crippen LogP contribution < -0.4 is 14.8 Å². The van der Waals surface area contributed by atoms with Gasteiger partial charge in [-0.25, -0.2) is 0 Å². The fraction of sp³-hybridized carbons (Fsp3) is 0.650. The Kier molecular flexibility index (Phi) is 6.56. The lowest BCUT2D eigenvalue weighted by atomic mass is 9.88. The molecule has 1 aromatic rings. The van der Waals surface area contributed by atoms with Crippen molar-refractivity contribution in [1.82, 2.24) is 5.32 Å². The molecule has 3 rings (SSSR count). The maximum atomic E-state index is 12.3. The number of rotatable bonds is 7. The number of methoxy groups -OCH3 is 1. The molecule has 0 spiro atoms. The van der Waals surface area contributed by atoms with Gasteiger partial charge in [-0.3, -0.25) is 4.79 Å². The molecule has 138 valence electrons. The fourth-order valence-electron chi connectivity index (χ4n) is 3.60. The first-order valence-electron chi connectivity index (χ1n) is 9.45. The molecule has 1 amide bonds. The molecule has 1 aromatic carbocycles. The predicted octanol–water partition coefficient (Wildman–Crippen LogP) is 3.45. The Morgan fingerprint density at radius 1 is 1.16 bits per heavy atom. The summed E-state index contributed by atoms with van der Waals surface area (Å²) in [7, 11) is 1.64. The number of ether oxygens (including phenoxy) is 3. The zero-order chi connectivity index (χ0) is 17.5. The minimum atomic E-state index is 0.178. The van der Waals surface area contributed by atoms with Gasteiger partial charge in [-0.1, -0.05) is 25.3 Å². The zero-order valence-corrected chi connectivity index (χ0v) is 15.1. The highest BCUT2D eigenvalue weighted by Gasteiger charge is 2.21. The second-order valence-corrected chi connectivity index (χ2v) is 6.98.